The lowest BCUT2D eigenvalue weighted by Gasteiger charge is -2.12. The van der Waals surface area contributed by atoms with Crippen molar-refractivity contribution in [3.8, 4) is 0 Å². The van der Waals surface area contributed by atoms with E-state index >= 15 is 0 Å². The first-order chi connectivity index (χ1) is 12.6. The van der Waals surface area contributed by atoms with E-state index in [2.05, 4.69) is 10.3 Å². The molecule has 1 N–H and O–H groups in total. The summed E-state index contributed by atoms with van der Waals surface area (Å²) in [6.07, 6.45) is 7.65. The minimum Gasteiger partial charge on any atom is -0.354 e. The Hall–Kier alpha value is -2.87. The first kappa shape index (κ1) is 17.9. The first-order valence-electron chi connectivity index (χ1n) is 8.16. The number of aryl methyl sites for hydroxylation is 1. The molecule has 1 aliphatic heterocycles. The fraction of sp³-hybridized carbons (Fsp3) is 0.222. The van der Waals surface area contributed by atoms with Crippen LogP contribution in [0.2, 0.25) is 0 Å². The van der Waals surface area contributed by atoms with Crippen molar-refractivity contribution < 1.29 is 14.4 Å². The molecule has 2 heterocycles. The van der Waals surface area contributed by atoms with Crippen LogP contribution in [0.25, 0.3) is 6.08 Å². The van der Waals surface area contributed by atoms with E-state index in [0.717, 1.165) is 35.2 Å². The van der Waals surface area contributed by atoms with Gasteiger partial charge in [0.15, 0.2) is 0 Å². The molecule has 3 rings (SSSR count). The third kappa shape index (κ3) is 4.60. The van der Waals surface area contributed by atoms with Crippen LogP contribution in [-0.4, -0.2) is 44.6 Å². The van der Waals surface area contributed by atoms with Crippen molar-refractivity contribution >= 4 is 34.9 Å². The molecule has 3 amide bonds. The van der Waals surface area contributed by atoms with Gasteiger partial charge in [0.1, 0.15) is 6.54 Å². The Bertz CT molecular complexity index is 818. The van der Waals surface area contributed by atoms with Crippen molar-refractivity contribution in [2.45, 2.75) is 13.0 Å². The Balaban J connectivity index is 1.49. The minimum absolute atomic E-state index is 0.262. The smallest absolute Gasteiger partial charge is 0.294 e. The van der Waals surface area contributed by atoms with Crippen LogP contribution in [0.15, 0.2) is 54.0 Å². The minimum atomic E-state index is -0.433. The molecule has 0 saturated carbocycles. The van der Waals surface area contributed by atoms with Crippen LogP contribution in [0.4, 0.5) is 4.79 Å². The maximum atomic E-state index is 12.4. The van der Waals surface area contributed by atoms with Crippen LogP contribution < -0.4 is 5.32 Å². The van der Waals surface area contributed by atoms with Crippen LogP contribution in [0.5, 0.6) is 0 Å². The molecule has 0 unspecified atom stereocenters. The highest BCUT2D eigenvalue weighted by molar-refractivity contribution is 8.18. The number of hydrogen-bond donors (Lipinski definition) is 1. The van der Waals surface area contributed by atoms with E-state index in [1.54, 1.807) is 18.6 Å². The molecule has 0 spiro atoms. The molecule has 26 heavy (non-hydrogen) atoms. The molecule has 1 saturated heterocycles. The van der Waals surface area contributed by atoms with Gasteiger partial charge < -0.3 is 9.88 Å². The summed E-state index contributed by atoms with van der Waals surface area (Å²) in [6.45, 7) is 0.941. The molecular formula is C18H18N4O3S. The predicted octanol–water partition coefficient (Wildman–Crippen LogP) is 2.13. The molecule has 0 atom stereocenters. The summed E-state index contributed by atoms with van der Waals surface area (Å²) < 4.78 is 1.91. The van der Waals surface area contributed by atoms with Gasteiger partial charge in [-0.15, -0.1) is 0 Å². The van der Waals surface area contributed by atoms with E-state index in [4.69, 9.17) is 0 Å². The zero-order valence-corrected chi connectivity index (χ0v) is 14.8. The van der Waals surface area contributed by atoms with Crippen LogP contribution in [0.3, 0.4) is 0 Å². The molecule has 1 aromatic carbocycles. The first-order valence-corrected chi connectivity index (χ1v) is 8.98. The molecule has 0 bridgehead atoms. The average Bonchev–Trinajstić information content (AvgIpc) is 3.24. The molecule has 0 aliphatic carbocycles. The van der Waals surface area contributed by atoms with Crippen LogP contribution in [0, 0.1) is 0 Å². The van der Waals surface area contributed by atoms with E-state index < -0.39 is 11.1 Å². The van der Waals surface area contributed by atoms with Crippen molar-refractivity contribution in [2.24, 2.45) is 0 Å². The van der Waals surface area contributed by atoms with Gasteiger partial charge in [-0.1, -0.05) is 30.3 Å². The van der Waals surface area contributed by atoms with E-state index in [9.17, 15) is 14.4 Å². The molecule has 8 heteroatoms. The predicted molar refractivity (Wildman–Crippen MR) is 99.0 cm³/mol. The van der Waals surface area contributed by atoms with E-state index in [0.29, 0.717) is 11.4 Å². The Kier molecular flexibility index (Phi) is 5.85. The average molecular weight is 370 g/mol. The van der Waals surface area contributed by atoms with E-state index in [1.807, 2.05) is 41.1 Å². The summed E-state index contributed by atoms with van der Waals surface area (Å²) in [5.74, 6) is -0.781. The SMILES string of the molecule is O=C(CN1C(=O)S/C(=C/c2ccccc2)C1=O)NCCCn1ccnc1. The lowest BCUT2D eigenvalue weighted by molar-refractivity contribution is -0.129. The largest absolute Gasteiger partial charge is 0.354 e. The zero-order valence-electron chi connectivity index (χ0n) is 14.0. The summed E-state index contributed by atoms with van der Waals surface area (Å²) in [6, 6.07) is 9.28. The normalized spacial score (nSPS) is 15.7. The lowest BCUT2D eigenvalue weighted by Crippen LogP contribution is -2.39. The summed E-state index contributed by atoms with van der Waals surface area (Å²) >= 11 is 0.853. The number of amides is 3. The van der Waals surface area contributed by atoms with Gasteiger partial charge in [0.25, 0.3) is 11.1 Å². The molecule has 0 radical (unpaired) electrons. The number of thioether (sulfide) groups is 1. The fourth-order valence-corrected chi connectivity index (χ4v) is 3.28. The highest BCUT2D eigenvalue weighted by atomic mass is 32.2. The molecule has 2 aromatic rings. The van der Waals surface area contributed by atoms with Crippen LogP contribution in [-0.2, 0) is 16.1 Å². The Morgan fingerprint density at radius 1 is 1.23 bits per heavy atom. The zero-order chi connectivity index (χ0) is 18.4. The third-order valence-corrected chi connectivity index (χ3v) is 4.65. The second kappa shape index (κ2) is 8.48. The van der Waals surface area contributed by atoms with Gasteiger partial charge >= 0.3 is 0 Å². The highest BCUT2D eigenvalue weighted by Crippen LogP contribution is 2.31. The summed E-state index contributed by atoms with van der Waals surface area (Å²) in [7, 11) is 0. The van der Waals surface area contributed by atoms with Crippen molar-refractivity contribution in [3.63, 3.8) is 0 Å². The summed E-state index contributed by atoms with van der Waals surface area (Å²) in [5, 5.41) is 2.30. The van der Waals surface area contributed by atoms with Crippen molar-refractivity contribution in [1.29, 1.82) is 0 Å². The van der Waals surface area contributed by atoms with Crippen molar-refractivity contribution in [2.75, 3.05) is 13.1 Å². The maximum Gasteiger partial charge on any atom is 0.294 e. The Labute approximate surface area is 155 Å². The number of hydrogen-bond acceptors (Lipinski definition) is 5. The molecule has 134 valence electrons. The van der Waals surface area contributed by atoms with Gasteiger partial charge in [0.05, 0.1) is 11.2 Å². The molecule has 1 aliphatic rings. The third-order valence-electron chi connectivity index (χ3n) is 3.75. The van der Waals surface area contributed by atoms with Gasteiger partial charge in [-0.05, 0) is 29.8 Å². The number of rotatable bonds is 7. The van der Waals surface area contributed by atoms with Crippen molar-refractivity contribution in [1.82, 2.24) is 19.8 Å². The lowest BCUT2D eigenvalue weighted by atomic mass is 10.2. The fourth-order valence-electron chi connectivity index (χ4n) is 2.44. The standard InChI is InChI=1S/C18H18N4O3S/c23-16(20-7-4-9-21-10-8-19-13-21)12-22-17(24)15(26-18(22)25)11-14-5-2-1-3-6-14/h1-3,5-6,8,10-11,13H,4,7,9,12H2,(H,20,23)/b15-11+. The topological polar surface area (TPSA) is 84.3 Å². The Morgan fingerprint density at radius 2 is 2.04 bits per heavy atom. The number of benzene rings is 1. The molecule has 1 fully saturated rings. The number of imide groups is 1. The van der Waals surface area contributed by atoms with Gasteiger partial charge in [-0.3, -0.25) is 19.3 Å². The van der Waals surface area contributed by atoms with Crippen LogP contribution in [0.1, 0.15) is 12.0 Å². The second-order valence-electron chi connectivity index (χ2n) is 5.68. The van der Waals surface area contributed by atoms with Crippen LogP contribution >= 0.6 is 11.8 Å². The number of carbonyl (C=O) groups excluding carboxylic acids is 3. The van der Waals surface area contributed by atoms with Gasteiger partial charge in [0.2, 0.25) is 5.91 Å². The molecule has 1 aromatic heterocycles. The monoisotopic (exact) mass is 370 g/mol. The van der Waals surface area contributed by atoms with Gasteiger partial charge in [-0.2, -0.15) is 0 Å². The number of nitrogens with one attached hydrogen (secondary N) is 1. The Morgan fingerprint density at radius 3 is 2.77 bits per heavy atom. The number of nitrogens with zero attached hydrogens (tertiary/aromatic N) is 3. The maximum absolute atomic E-state index is 12.4. The highest BCUT2D eigenvalue weighted by Gasteiger charge is 2.36. The molecular weight excluding hydrogens is 352 g/mol. The quantitative estimate of drug-likeness (QED) is 0.596. The second-order valence-corrected chi connectivity index (χ2v) is 6.68. The number of imidazole rings is 1. The van der Waals surface area contributed by atoms with E-state index in [1.165, 1.54) is 0 Å². The number of aromatic nitrogens is 2. The van der Waals surface area contributed by atoms with Gasteiger partial charge in [-0.25, -0.2) is 4.98 Å². The summed E-state index contributed by atoms with van der Waals surface area (Å²) in [5.41, 5.74) is 0.835. The molecule has 7 nitrogen and oxygen atoms in total. The number of carbonyl (C=O) groups is 3. The van der Waals surface area contributed by atoms with Crippen molar-refractivity contribution in [3.05, 3.63) is 59.5 Å². The summed E-state index contributed by atoms with van der Waals surface area (Å²) in [4.78, 5) is 41.7. The van der Waals surface area contributed by atoms with Gasteiger partial charge in [0, 0.05) is 25.5 Å². The van der Waals surface area contributed by atoms with E-state index in [-0.39, 0.29) is 12.5 Å².